The third-order valence-electron chi connectivity index (χ3n) is 6.87. The van der Waals surface area contributed by atoms with Crippen molar-refractivity contribution in [2.45, 2.75) is 52.2 Å². The fourth-order valence-electron chi connectivity index (χ4n) is 4.45. The average Bonchev–Trinajstić information content (AvgIpc) is 2.98. The molecule has 0 saturated carbocycles. The van der Waals surface area contributed by atoms with Crippen LogP contribution in [0.3, 0.4) is 0 Å². The average molecular weight is 596 g/mol. The Morgan fingerprint density at radius 2 is 1.57 bits per heavy atom. The van der Waals surface area contributed by atoms with Crippen LogP contribution in [0.4, 0.5) is 5.69 Å². The second kappa shape index (κ2) is 15.3. The lowest BCUT2D eigenvalue weighted by Crippen LogP contribution is -2.54. The third-order valence-corrected chi connectivity index (χ3v) is 8.01. The fourth-order valence-corrected chi connectivity index (χ4v) is 5.30. The lowest BCUT2D eigenvalue weighted by atomic mass is 10.0. The Labute approximate surface area is 249 Å². The summed E-state index contributed by atoms with van der Waals surface area (Å²) in [5, 5.41) is 3.02. The SMILES string of the molecule is CCOc1ccc(N(CC(=O)N(Cc2cccc(OC)c2)[C@@H](Cc2ccccc2)C(=O)N[C@@H](C)CC)S(C)(=O)=O)cc1. The molecular formula is C32H41N3O6S. The number of methoxy groups -OCH3 is 1. The molecule has 2 atom stereocenters. The van der Waals surface area contributed by atoms with Gasteiger partial charge in [-0.15, -0.1) is 0 Å². The molecule has 0 heterocycles. The van der Waals surface area contributed by atoms with E-state index >= 15 is 0 Å². The zero-order valence-corrected chi connectivity index (χ0v) is 25.8. The van der Waals surface area contributed by atoms with E-state index in [1.165, 1.54) is 4.90 Å². The molecule has 0 fully saturated rings. The number of nitrogens with zero attached hydrogens (tertiary/aromatic N) is 2. The zero-order chi connectivity index (χ0) is 30.7. The Hall–Kier alpha value is -4.05. The van der Waals surface area contributed by atoms with Crippen LogP contribution < -0.4 is 19.1 Å². The predicted molar refractivity (Wildman–Crippen MR) is 165 cm³/mol. The lowest BCUT2D eigenvalue weighted by Gasteiger charge is -2.34. The third kappa shape index (κ3) is 9.24. The highest BCUT2D eigenvalue weighted by atomic mass is 32.2. The van der Waals surface area contributed by atoms with Crippen molar-refractivity contribution in [2.24, 2.45) is 0 Å². The number of carbonyl (C=O) groups is 2. The number of nitrogens with one attached hydrogen (secondary N) is 1. The van der Waals surface area contributed by atoms with Crippen LogP contribution in [0.5, 0.6) is 11.5 Å². The number of amides is 2. The van der Waals surface area contributed by atoms with Gasteiger partial charge in [0.15, 0.2) is 0 Å². The standard InChI is InChI=1S/C32H41N3O6S/c1-6-24(3)33-32(37)30(21-25-12-9-8-10-13-25)34(22-26-14-11-15-29(20-26)40-4)31(36)23-35(42(5,38)39)27-16-18-28(19-17-27)41-7-2/h8-20,24,30H,6-7,21-23H2,1-5H3,(H,33,37)/t24-,30-/m0/s1. The van der Waals surface area contributed by atoms with Gasteiger partial charge < -0.3 is 19.7 Å². The van der Waals surface area contributed by atoms with Crippen molar-refractivity contribution in [2.75, 3.05) is 30.8 Å². The summed E-state index contributed by atoms with van der Waals surface area (Å²) in [4.78, 5) is 29.4. The van der Waals surface area contributed by atoms with Crippen LogP contribution in [0.25, 0.3) is 0 Å². The van der Waals surface area contributed by atoms with Gasteiger partial charge in [-0.05, 0) is 67.8 Å². The van der Waals surface area contributed by atoms with E-state index in [4.69, 9.17) is 9.47 Å². The maximum absolute atomic E-state index is 14.2. The molecule has 42 heavy (non-hydrogen) atoms. The Morgan fingerprint density at radius 1 is 0.905 bits per heavy atom. The second-order valence-corrected chi connectivity index (χ2v) is 12.0. The molecule has 10 heteroatoms. The number of rotatable bonds is 15. The van der Waals surface area contributed by atoms with Gasteiger partial charge in [0, 0.05) is 19.0 Å². The van der Waals surface area contributed by atoms with E-state index in [1.807, 2.05) is 63.2 Å². The molecule has 0 saturated heterocycles. The van der Waals surface area contributed by atoms with Gasteiger partial charge in [-0.3, -0.25) is 13.9 Å². The van der Waals surface area contributed by atoms with Gasteiger partial charge >= 0.3 is 0 Å². The van der Waals surface area contributed by atoms with Crippen molar-refractivity contribution >= 4 is 27.5 Å². The van der Waals surface area contributed by atoms with Crippen LogP contribution in [-0.2, 0) is 32.6 Å². The Bertz CT molecular complexity index is 1410. The molecular weight excluding hydrogens is 554 g/mol. The van der Waals surface area contributed by atoms with Crippen molar-refractivity contribution in [3.63, 3.8) is 0 Å². The second-order valence-electron chi connectivity index (χ2n) is 10.1. The van der Waals surface area contributed by atoms with Crippen LogP contribution in [-0.4, -0.2) is 63.7 Å². The van der Waals surface area contributed by atoms with E-state index < -0.39 is 28.5 Å². The van der Waals surface area contributed by atoms with E-state index in [2.05, 4.69) is 5.32 Å². The highest BCUT2D eigenvalue weighted by Crippen LogP contribution is 2.24. The normalized spacial score (nSPS) is 12.6. The molecule has 226 valence electrons. The van der Waals surface area contributed by atoms with Crippen molar-refractivity contribution in [1.29, 1.82) is 0 Å². The minimum absolute atomic E-state index is 0.0718. The van der Waals surface area contributed by atoms with Gasteiger partial charge in [-0.1, -0.05) is 49.4 Å². The minimum atomic E-state index is -3.86. The summed E-state index contributed by atoms with van der Waals surface area (Å²) in [6, 6.07) is 22.2. The van der Waals surface area contributed by atoms with Gasteiger partial charge in [-0.2, -0.15) is 0 Å². The van der Waals surface area contributed by atoms with E-state index in [0.717, 1.165) is 21.7 Å². The van der Waals surface area contributed by atoms with Crippen molar-refractivity contribution in [1.82, 2.24) is 10.2 Å². The number of sulfonamides is 1. The first kappa shape index (κ1) is 32.5. The molecule has 0 aliphatic heterocycles. The van der Waals surface area contributed by atoms with Gasteiger partial charge in [0.05, 0.1) is 25.7 Å². The zero-order valence-electron chi connectivity index (χ0n) is 24.9. The van der Waals surface area contributed by atoms with E-state index in [0.29, 0.717) is 30.2 Å². The van der Waals surface area contributed by atoms with Crippen LogP contribution in [0.2, 0.25) is 0 Å². The summed E-state index contributed by atoms with van der Waals surface area (Å²) in [5.74, 6) is 0.370. The Morgan fingerprint density at radius 3 is 2.17 bits per heavy atom. The molecule has 3 aromatic carbocycles. The molecule has 2 amide bonds. The van der Waals surface area contributed by atoms with Crippen molar-refractivity contribution in [3.8, 4) is 11.5 Å². The predicted octanol–water partition coefficient (Wildman–Crippen LogP) is 4.41. The van der Waals surface area contributed by atoms with Crippen molar-refractivity contribution in [3.05, 3.63) is 90.0 Å². The molecule has 3 aromatic rings. The van der Waals surface area contributed by atoms with Crippen LogP contribution in [0.1, 0.15) is 38.3 Å². The van der Waals surface area contributed by atoms with E-state index in [1.54, 1.807) is 43.5 Å². The number of carbonyl (C=O) groups excluding carboxylic acids is 2. The molecule has 0 unspecified atom stereocenters. The molecule has 0 aromatic heterocycles. The fraction of sp³-hybridized carbons (Fsp3) is 0.375. The highest BCUT2D eigenvalue weighted by Gasteiger charge is 2.33. The molecule has 3 rings (SSSR count). The highest BCUT2D eigenvalue weighted by molar-refractivity contribution is 7.92. The number of hydrogen-bond donors (Lipinski definition) is 1. The minimum Gasteiger partial charge on any atom is -0.497 e. The molecule has 0 radical (unpaired) electrons. The molecule has 9 nitrogen and oxygen atoms in total. The summed E-state index contributed by atoms with van der Waals surface area (Å²) >= 11 is 0. The van der Waals surface area contributed by atoms with Gasteiger partial charge in [0.1, 0.15) is 24.1 Å². The molecule has 0 bridgehead atoms. The molecule has 0 aliphatic rings. The summed E-state index contributed by atoms with van der Waals surface area (Å²) in [5.41, 5.74) is 1.93. The first-order chi connectivity index (χ1) is 20.0. The first-order valence-corrected chi connectivity index (χ1v) is 15.9. The lowest BCUT2D eigenvalue weighted by molar-refractivity contribution is -0.140. The van der Waals surface area contributed by atoms with E-state index in [-0.39, 0.29) is 24.9 Å². The number of anilines is 1. The van der Waals surface area contributed by atoms with Gasteiger partial charge in [0.2, 0.25) is 21.8 Å². The van der Waals surface area contributed by atoms with Gasteiger partial charge in [0.25, 0.3) is 0 Å². The topological polar surface area (TPSA) is 105 Å². The molecule has 0 aliphatic carbocycles. The Kier molecular flexibility index (Phi) is 11.8. The van der Waals surface area contributed by atoms with Crippen LogP contribution in [0, 0.1) is 0 Å². The monoisotopic (exact) mass is 595 g/mol. The van der Waals surface area contributed by atoms with Crippen LogP contribution >= 0.6 is 0 Å². The number of benzene rings is 3. The largest absolute Gasteiger partial charge is 0.497 e. The Balaban J connectivity index is 2.05. The van der Waals surface area contributed by atoms with E-state index in [9.17, 15) is 18.0 Å². The number of hydrogen-bond acceptors (Lipinski definition) is 6. The number of ether oxygens (including phenoxy) is 2. The first-order valence-electron chi connectivity index (χ1n) is 14.0. The molecule has 0 spiro atoms. The smallest absolute Gasteiger partial charge is 0.244 e. The maximum Gasteiger partial charge on any atom is 0.244 e. The molecule has 1 N–H and O–H groups in total. The maximum atomic E-state index is 14.2. The quantitative estimate of drug-likeness (QED) is 0.279. The summed E-state index contributed by atoms with van der Waals surface area (Å²) in [6.45, 7) is 5.78. The van der Waals surface area contributed by atoms with Gasteiger partial charge in [-0.25, -0.2) is 8.42 Å². The van der Waals surface area contributed by atoms with Crippen LogP contribution in [0.15, 0.2) is 78.9 Å². The van der Waals surface area contributed by atoms with Crippen molar-refractivity contribution < 1.29 is 27.5 Å². The summed E-state index contributed by atoms with van der Waals surface area (Å²) in [6.07, 6.45) is 2.02. The summed E-state index contributed by atoms with van der Waals surface area (Å²) < 4.78 is 37.8. The summed E-state index contributed by atoms with van der Waals surface area (Å²) in [7, 11) is -2.30.